The van der Waals surface area contributed by atoms with Crippen molar-refractivity contribution in [3.8, 4) is 0 Å². The van der Waals surface area contributed by atoms with Gasteiger partial charge in [-0.05, 0) is 35.7 Å². The number of nitrogens with zero attached hydrogens (tertiary/aromatic N) is 4. The number of anilines is 1. The molecule has 2 aromatic heterocycles. The molecule has 13 heteroatoms. The van der Waals surface area contributed by atoms with E-state index in [9.17, 15) is 27.6 Å². The molecule has 3 aliphatic heterocycles. The first-order valence-corrected chi connectivity index (χ1v) is 12.6. The zero-order valence-corrected chi connectivity index (χ0v) is 21.0. The maximum atomic E-state index is 13.5. The van der Waals surface area contributed by atoms with Gasteiger partial charge in [-0.1, -0.05) is 6.07 Å². The van der Waals surface area contributed by atoms with Gasteiger partial charge in [0.25, 0.3) is 0 Å². The molecule has 204 valence electrons. The number of H-pyrrole nitrogens is 1. The molecule has 1 unspecified atom stereocenters. The number of pyridine rings is 1. The molecule has 1 aromatic carbocycles. The monoisotopic (exact) mass is 542 g/mol. The number of hydrogen-bond acceptors (Lipinski definition) is 6. The van der Waals surface area contributed by atoms with E-state index in [0.717, 1.165) is 16.0 Å². The van der Waals surface area contributed by atoms with Gasteiger partial charge >= 0.3 is 12.3 Å². The number of likely N-dealkylation sites (tertiary alicyclic amines) is 1. The third-order valence-electron chi connectivity index (χ3n) is 7.89. The van der Waals surface area contributed by atoms with Crippen molar-refractivity contribution < 1.29 is 32.3 Å². The lowest BCUT2D eigenvalue weighted by atomic mass is 9.82. The minimum absolute atomic E-state index is 0.215. The molecule has 10 nitrogen and oxygen atoms in total. The number of alkyl halides is 3. The number of benzene rings is 1. The van der Waals surface area contributed by atoms with Gasteiger partial charge in [-0.3, -0.25) is 20.0 Å². The number of ether oxygens (including phenoxy) is 1. The first kappa shape index (κ1) is 25.1. The Morgan fingerprint density at radius 2 is 2.03 bits per heavy atom. The first-order chi connectivity index (χ1) is 18.5. The van der Waals surface area contributed by atoms with Gasteiger partial charge < -0.3 is 14.5 Å². The molecule has 1 saturated heterocycles. The van der Waals surface area contributed by atoms with Crippen molar-refractivity contribution in [3.05, 3.63) is 52.8 Å². The molecule has 5 heterocycles. The number of carbonyl (C=O) groups excluding carboxylic acids is 3. The second-order valence-electron chi connectivity index (χ2n) is 10.3. The number of aromatic amines is 1. The molecule has 3 aromatic rings. The molecule has 1 atom stereocenters. The first-order valence-electron chi connectivity index (χ1n) is 12.6. The summed E-state index contributed by atoms with van der Waals surface area (Å²) < 4.78 is 45.8. The Labute approximate surface area is 220 Å². The van der Waals surface area contributed by atoms with Crippen LogP contribution >= 0.6 is 0 Å². The number of carbonyl (C=O) groups is 3. The minimum Gasteiger partial charge on any atom is -0.437 e. The lowest BCUT2D eigenvalue weighted by Gasteiger charge is -2.44. The number of amides is 3. The molecule has 3 amide bonds. The lowest BCUT2D eigenvalue weighted by molar-refractivity contribution is -0.165. The van der Waals surface area contributed by atoms with Crippen LogP contribution in [-0.2, 0) is 26.5 Å². The van der Waals surface area contributed by atoms with Crippen molar-refractivity contribution in [2.24, 2.45) is 0 Å². The molecule has 39 heavy (non-hydrogen) atoms. The zero-order valence-electron chi connectivity index (χ0n) is 21.0. The van der Waals surface area contributed by atoms with E-state index in [1.54, 1.807) is 29.4 Å². The fraction of sp³-hybridized carbons (Fsp3) is 0.423. The second-order valence-corrected chi connectivity index (χ2v) is 10.3. The number of halogens is 3. The zero-order chi connectivity index (χ0) is 27.5. The molecular weight excluding hydrogens is 517 g/mol. The van der Waals surface area contributed by atoms with Gasteiger partial charge in [0.1, 0.15) is 18.0 Å². The fourth-order valence-electron chi connectivity index (χ4n) is 6.04. The molecule has 3 aliphatic rings. The van der Waals surface area contributed by atoms with Crippen LogP contribution in [0.4, 0.5) is 23.8 Å². The summed E-state index contributed by atoms with van der Waals surface area (Å²) in [6.07, 6.45) is -1.70. The van der Waals surface area contributed by atoms with Crippen molar-refractivity contribution in [1.29, 1.82) is 0 Å². The number of aromatic nitrogens is 3. The predicted molar refractivity (Wildman–Crippen MR) is 131 cm³/mol. The summed E-state index contributed by atoms with van der Waals surface area (Å²) in [6.45, 7) is 0.708. The molecule has 0 bridgehead atoms. The molecule has 0 aliphatic carbocycles. The second kappa shape index (κ2) is 8.95. The van der Waals surface area contributed by atoms with Crippen LogP contribution in [0.5, 0.6) is 0 Å². The molecule has 2 N–H and O–H groups in total. The van der Waals surface area contributed by atoms with Crippen LogP contribution in [0, 0.1) is 6.92 Å². The van der Waals surface area contributed by atoms with Crippen molar-refractivity contribution in [2.45, 2.75) is 50.4 Å². The van der Waals surface area contributed by atoms with E-state index >= 15 is 0 Å². The Morgan fingerprint density at radius 3 is 2.77 bits per heavy atom. The summed E-state index contributed by atoms with van der Waals surface area (Å²) in [6, 6.07) is 5.34. The molecular formula is C26H25F3N6O4. The Kier molecular flexibility index (Phi) is 5.77. The number of piperidine rings is 1. The molecule has 1 fully saturated rings. The average Bonchev–Trinajstić information content (AvgIpc) is 3.38. The summed E-state index contributed by atoms with van der Waals surface area (Å²) in [7, 11) is 0. The summed E-state index contributed by atoms with van der Waals surface area (Å²) in [5.41, 5.74) is 2.40. The highest BCUT2D eigenvalue weighted by Crippen LogP contribution is 2.43. The van der Waals surface area contributed by atoms with E-state index in [4.69, 9.17) is 4.74 Å². The summed E-state index contributed by atoms with van der Waals surface area (Å²) in [5, 5.41) is 10.1. The lowest BCUT2D eigenvalue weighted by Crippen LogP contribution is -2.50. The van der Waals surface area contributed by atoms with E-state index < -0.39 is 36.2 Å². The Balaban J connectivity index is 1.26. The summed E-state index contributed by atoms with van der Waals surface area (Å²) in [4.78, 5) is 45.6. The number of rotatable bonds is 3. The van der Waals surface area contributed by atoms with Crippen molar-refractivity contribution >= 4 is 34.6 Å². The van der Waals surface area contributed by atoms with E-state index in [2.05, 4.69) is 20.5 Å². The van der Waals surface area contributed by atoms with Crippen molar-refractivity contribution in [1.82, 2.24) is 25.0 Å². The molecule has 0 radical (unpaired) electrons. The number of nitrogens with one attached hydrogen (secondary N) is 2. The highest BCUT2D eigenvalue weighted by molar-refractivity contribution is 5.95. The highest BCUT2D eigenvalue weighted by atomic mass is 19.4. The SMILES string of the molecule is Cc1cc2c(c3cn[nH]c13)CN(CC(F)(F)F)C(=O)C2CC(=O)N1CCC2(CC1)OC(=O)Nc1ncccc12. The van der Waals surface area contributed by atoms with Crippen molar-refractivity contribution in [2.75, 3.05) is 25.0 Å². The van der Waals surface area contributed by atoms with Crippen LogP contribution in [0.1, 0.15) is 47.4 Å². The topological polar surface area (TPSA) is 121 Å². The Morgan fingerprint density at radius 1 is 1.26 bits per heavy atom. The average molecular weight is 543 g/mol. The third kappa shape index (κ3) is 4.35. The van der Waals surface area contributed by atoms with Crippen LogP contribution < -0.4 is 5.32 Å². The van der Waals surface area contributed by atoms with Gasteiger partial charge in [0.15, 0.2) is 0 Å². The maximum Gasteiger partial charge on any atom is 0.413 e. The van der Waals surface area contributed by atoms with Crippen LogP contribution in [0.15, 0.2) is 30.6 Å². The van der Waals surface area contributed by atoms with Gasteiger partial charge in [0, 0.05) is 56.0 Å². The Bertz CT molecular complexity index is 1490. The number of aryl methyl sites for hydroxylation is 1. The van der Waals surface area contributed by atoms with Gasteiger partial charge in [-0.25, -0.2) is 9.78 Å². The quantitative estimate of drug-likeness (QED) is 0.521. The fourth-order valence-corrected chi connectivity index (χ4v) is 6.04. The standard InChI is InChI=1S/C26H25F3N6O4/c1-14-9-15-16(23(37)35(13-26(27,28)29)12-18(15)17-11-31-33-21(14)17)10-20(36)34-7-4-25(5-8-34)19-3-2-6-30-22(19)32-24(38)39-25/h2-3,6,9,11,16H,4-5,7-8,10,12-13H2,1H3,(H,31,33)(H,30,32,38). The minimum atomic E-state index is -4.58. The number of fused-ring (bicyclic) bond motifs is 5. The van der Waals surface area contributed by atoms with Gasteiger partial charge in [0.2, 0.25) is 11.8 Å². The Hall–Kier alpha value is -4.16. The van der Waals surface area contributed by atoms with Crippen molar-refractivity contribution in [3.63, 3.8) is 0 Å². The van der Waals surface area contributed by atoms with Gasteiger partial charge in [-0.15, -0.1) is 0 Å². The van der Waals surface area contributed by atoms with Gasteiger partial charge in [0.05, 0.1) is 17.6 Å². The third-order valence-corrected chi connectivity index (χ3v) is 7.89. The highest BCUT2D eigenvalue weighted by Gasteiger charge is 2.47. The van der Waals surface area contributed by atoms with Crippen LogP contribution in [0.3, 0.4) is 0 Å². The summed E-state index contributed by atoms with van der Waals surface area (Å²) >= 11 is 0. The molecule has 0 saturated carbocycles. The number of hydrogen-bond donors (Lipinski definition) is 2. The van der Waals surface area contributed by atoms with E-state index in [1.165, 1.54) is 0 Å². The normalized spacial score (nSPS) is 20.5. The van der Waals surface area contributed by atoms with Gasteiger partial charge in [-0.2, -0.15) is 18.3 Å². The van der Waals surface area contributed by atoms with E-state index in [1.807, 2.05) is 13.0 Å². The predicted octanol–water partition coefficient (Wildman–Crippen LogP) is 3.72. The molecule has 1 spiro atoms. The van der Waals surface area contributed by atoms with Crippen LogP contribution in [-0.4, -0.2) is 68.7 Å². The van der Waals surface area contributed by atoms with E-state index in [-0.39, 0.29) is 32.0 Å². The van der Waals surface area contributed by atoms with Crippen LogP contribution in [0.2, 0.25) is 0 Å². The van der Waals surface area contributed by atoms with E-state index in [0.29, 0.717) is 40.7 Å². The summed E-state index contributed by atoms with van der Waals surface area (Å²) in [5.74, 6) is -1.71. The smallest absolute Gasteiger partial charge is 0.413 e. The van der Waals surface area contributed by atoms with Crippen LogP contribution in [0.25, 0.3) is 10.9 Å². The largest absolute Gasteiger partial charge is 0.437 e. The molecule has 6 rings (SSSR count). The maximum absolute atomic E-state index is 13.5.